The van der Waals surface area contributed by atoms with Gasteiger partial charge in [0.25, 0.3) is 0 Å². The average molecular weight is 404 g/mol. The van der Waals surface area contributed by atoms with Crippen molar-refractivity contribution in [1.82, 2.24) is 19.2 Å². The first-order valence-electron chi connectivity index (χ1n) is 10.5. The SMILES string of the molecule is Cc1ccc(C2=NCCN2CC(C)Cc2nn(C)c(=O)n2Cc2ccccc2)cc1. The Bertz CT molecular complexity index is 1080. The Morgan fingerprint density at radius 1 is 1.07 bits per heavy atom. The number of benzene rings is 2. The van der Waals surface area contributed by atoms with Gasteiger partial charge in [0.05, 0.1) is 13.1 Å². The van der Waals surface area contributed by atoms with Crippen molar-refractivity contribution in [2.75, 3.05) is 19.6 Å². The van der Waals surface area contributed by atoms with E-state index in [1.54, 1.807) is 11.6 Å². The van der Waals surface area contributed by atoms with Crippen molar-refractivity contribution >= 4 is 5.84 Å². The van der Waals surface area contributed by atoms with Crippen LogP contribution in [0.1, 0.15) is 29.4 Å². The lowest BCUT2D eigenvalue weighted by Crippen LogP contribution is -2.33. The molecule has 1 aliphatic heterocycles. The normalized spacial score (nSPS) is 14.8. The van der Waals surface area contributed by atoms with E-state index in [1.165, 1.54) is 15.8 Å². The largest absolute Gasteiger partial charge is 0.354 e. The molecule has 1 unspecified atom stereocenters. The van der Waals surface area contributed by atoms with E-state index >= 15 is 0 Å². The van der Waals surface area contributed by atoms with E-state index in [0.29, 0.717) is 12.5 Å². The highest BCUT2D eigenvalue weighted by Crippen LogP contribution is 2.16. The first kappa shape index (κ1) is 20.1. The Kier molecular flexibility index (Phi) is 5.84. The van der Waals surface area contributed by atoms with Gasteiger partial charge in [-0.1, -0.05) is 67.1 Å². The van der Waals surface area contributed by atoms with Gasteiger partial charge in [-0.05, 0) is 18.4 Å². The third kappa shape index (κ3) is 4.37. The summed E-state index contributed by atoms with van der Waals surface area (Å²) in [5, 5.41) is 4.53. The third-order valence-electron chi connectivity index (χ3n) is 5.57. The van der Waals surface area contributed by atoms with Crippen molar-refractivity contribution in [3.8, 4) is 0 Å². The summed E-state index contributed by atoms with van der Waals surface area (Å²) in [6, 6.07) is 18.6. The summed E-state index contributed by atoms with van der Waals surface area (Å²) in [5.74, 6) is 2.26. The van der Waals surface area contributed by atoms with E-state index in [0.717, 1.165) is 43.3 Å². The number of aliphatic imine (C=N–C) groups is 1. The van der Waals surface area contributed by atoms with Gasteiger partial charge in [0.1, 0.15) is 11.7 Å². The van der Waals surface area contributed by atoms with E-state index in [-0.39, 0.29) is 5.69 Å². The van der Waals surface area contributed by atoms with Crippen molar-refractivity contribution < 1.29 is 0 Å². The van der Waals surface area contributed by atoms with Gasteiger partial charge < -0.3 is 4.90 Å². The van der Waals surface area contributed by atoms with E-state index in [2.05, 4.69) is 48.1 Å². The van der Waals surface area contributed by atoms with E-state index in [9.17, 15) is 4.79 Å². The van der Waals surface area contributed by atoms with Crippen LogP contribution in [0, 0.1) is 12.8 Å². The van der Waals surface area contributed by atoms with Crippen LogP contribution in [0.4, 0.5) is 0 Å². The molecule has 6 nitrogen and oxygen atoms in total. The maximum atomic E-state index is 12.6. The van der Waals surface area contributed by atoms with Crippen LogP contribution in [-0.4, -0.2) is 44.7 Å². The van der Waals surface area contributed by atoms with Gasteiger partial charge in [-0.15, -0.1) is 0 Å². The molecule has 0 spiro atoms. The fraction of sp³-hybridized carbons (Fsp3) is 0.375. The lowest BCUT2D eigenvalue weighted by Gasteiger charge is -2.24. The molecule has 0 saturated carbocycles. The number of amidine groups is 1. The van der Waals surface area contributed by atoms with Crippen molar-refractivity contribution in [3.05, 3.63) is 87.6 Å². The molecule has 0 fully saturated rings. The molecular weight excluding hydrogens is 374 g/mol. The first-order valence-corrected chi connectivity index (χ1v) is 10.5. The molecule has 0 radical (unpaired) electrons. The van der Waals surface area contributed by atoms with Crippen LogP contribution in [0.2, 0.25) is 0 Å². The molecule has 1 aromatic heterocycles. The molecule has 30 heavy (non-hydrogen) atoms. The Labute approximate surface area is 177 Å². The summed E-state index contributed by atoms with van der Waals surface area (Å²) < 4.78 is 3.24. The zero-order valence-corrected chi connectivity index (χ0v) is 18.0. The molecule has 156 valence electrons. The Hall–Kier alpha value is -3.15. The Morgan fingerprint density at radius 3 is 2.53 bits per heavy atom. The van der Waals surface area contributed by atoms with Crippen molar-refractivity contribution in [2.24, 2.45) is 18.0 Å². The van der Waals surface area contributed by atoms with Crippen molar-refractivity contribution in [2.45, 2.75) is 26.8 Å². The number of hydrogen-bond acceptors (Lipinski definition) is 4. The second kappa shape index (κ2) is 8.69. The summed E-state index contributed by atoms with van der Waals surface area (Å²) in [5.41, 5.74) is 3.46. The van der Waals surface area contributed by atoms with E-state index in [1.807, 2.05) is 30.3 Å². The molecule has 1 aliphatic rings. The van der Waals surface area contributed by atoms with Crippen LogP contribution in [0.5, 0.6) is 0 Å². The zero-order valence-electron chi connectivity index (χ0n) is 18.0. The van der Waals surface area contributed by atoms with Gasteiger partial charge in [0.2, 0.25) is 0 Å². The van der Waals surface area contributed by atoms with Crippen LogP contribution in [0.15, 0.2) is 64.4 Å². The van der Waals surface area contributed by atoms with Crippen molar-refractivity contribution in [3.63, 3.8) is 0 Å². The molecule has 2 heterocycles. The van der Waals surface area contributed by atoms with Gasteiger partial charge in [0, 0.05) is 32.1 Å². The van der Waals surface area contributed by atoms with E-state index in [4.69, 9.17) is 4.99 Å². The Morgan fingerprint density at radius 2 is 1.80 bits per heavy atom. The highest BCUT2D eigenvalue weighted by Gasteiger charge is 2.22. The quantitative estimate of drug-likeness (QED) is 0.610. The molecule has 2 aromatic carbocycles. The highest BCUT2D eigenvalue weighted by atomic mass is 16.2. The summed E-state index contributed by atoms with van der Waals surface area (Å²) in [6.07, 6.45) is 0.751. The van der Waals surface area contributed by atoms with Crippen LogP contribution in [-0.2, 0) is 20.0 Å². The second-order valence-corrected chi connectivity index (χ2v) is 8.22. The smallest absolute Gasteiger partial charge is 0.345 e. The molecule has 1 atom stereocenters. The zero-order chi connectivity index (χ0) is 21.1. The van der Waals surface area contributed by atoms with Gasteiger partial charge >= 0.3 is 5.69 Å². The molecular formula is C24H29N5O. The number of nitrogens with zero attached hydrogens (tertiary/aromatic N) is 5. The molecule has 6 heteroatoms. The average Bonchev–Trinajstić information content (AvgIpc) is 3.29. The topological polar surface area (TPSA) is 55.4 Å². The Balaban J connectivity index is 1.47. The third-order valence-corrected chi connectivity index (χ3v) is 5.57. The number of aryl methyl sites for hydroxylation is 2. The summed E-state index contributed by atoms with van der Waals surface area (Å²) >= 11 is 0. The maximum absolute atomic E-state index is 12.6. The minimum atomic E-state index is -0.0656. The summed E-state index contributed by atoms with van der Waals surface area (Å²) in [4.78, 5) is 19.7. The molecule has 0 amide bonds. The second-order valence-electron chi connectivity index (χ2n) is 8.22. The van der Waals surface area contributed by atoms with Gasteiger partial charge in [-0.3, -0.25) is 9.56 Å². The minimum Gasteiger partial charge on any atom is -0.354 e. The standard InChI is InChI=1S/C24H29N5O/c1-18-9-11-21(12-10-18)23-25-13-14-28(23)16-19(2)15-22-26-27(3)24(30)29(22)17-20-7-5-4-6-8-20/h4-12,19H,13-17H2,1-3H3. The first-order chi connectivity index (χ1) is 14.5. The van der Waals surface area contributed by atoms with Gasteiger partial charge in [-0.25, -0.2) is 9.48 Å². The number of rotatable bonds is 7. The highest BCUT2D eigenvalue weighted by molar-refractivity contribution is 5.99. The minimum absolute atomic E-state index is 0.0656. The lowest BCUT2D eigenvalue weighted by molar-refractivity contribution is 0.368. The molecule has 0 N–H and O–H groups in total. The predicted molar refractivity (Wildman–Crippen MR) is 120 cm³/mol. The van der Waals surface area contributed by atoms with Crippen molar-refractivity contribution in [1.29, 1.82) is 0 Å². The maximum Gasteiger partial charge on any atom is 0.345 e. The van der Waals surface area contributed by atoms with Gasteiger partial charge in [-0.2, -0.15) is 5.10 Å². The van der Waals surface area contributed by atoms with Crippen LogP contribution in [0.3, 0.4) is 0 Å². The molecule has 0 bridgehead atoms. The molecule has 0 aliphatic carbocycles. The fourth-order valence-electron chi connectivity index (χ4n) is 4.02. The summed E-state index contributed by atoms with van der Waals surface area (Å²) in [6.45, 7) is 7.53. The molecule has 3 aromatic rings. The lowest BCUT2D eigenvalue weighted by atomic mass is 10.1. The van der Waals surface area contributed by atoms with Crippen LogP contribution < -0.4 is 5.69 Å². The van der Waals surface area contributed by atoms with Crippen LogP contribution >= 0.6 is 0 Å². The predicted octanol–water partition coefficient (Wildman–Crippen LogP) is 2.88. The van der Waals surface area contributed by atoms with Gasteiger partial charge in [0.15, 0.2) is 0 Å². The fourth-order valence-corrected chi connectivity index (χ4v) is 4.02. The molecule has 0 saturated heterocycles. The van der Waals surface area contributed by atoms with Crippen LogP contribution in [0.25, 0.3) is 0 Å². The molecule has 4 rings (SSSR count). The monoisotopic (exact) mass is 403 g/mol. The summed E-state index contributed by atoms with van der Waals surface area (Å²) in [7, 11) is 1.72. The van der Waals surface area contributed by atoms with E-state index < -0.39 is 0 Å². The number of aromatic nitrogens is 3. The number of hydrogen-bond donors (Lipinski definition) is 0.